The van der Waals surface area contributed by atoms with Gasteiger partial charge in [-0.2, -0.15) is 5.10 Å². The van der Waals surface area contributed by atoms with Crippen LogP contribution in [0.3, 0.4) is 0 Å². The molecule has 0 spiro atoms. The number of anilines is 2. The first-order chi connectivity index (χ1) is 14.1. The van der Waals surface area contributed by atoms with Crippen molar-refractivity contribution in [1.82, 2.24) is 9.78 Å². The number of benzene rings is 1. The molecule has 0 unspecified atom stereocenters. The predicted molar refractivity (Wildman–Crippen MR) is 110 cm³/mol. The summed E-state index contributed by atoms with van der Waals surface area (Å²) in [7, 11) is 0. The summed E-state index contributed by atoms with van der Waals surface area (Å²) < 4.78 is 7.01. The maximum atomic E-state index is 12.8. The fourth-order valence-electron chi connectivity index (χ4n) is 3.05. The van der Waals surface area contributed by atoms with Crippen LogP contribution in [0.4, 0.5) is 11.5 Å². The number of nitrogens with one attached hydrogen (secondary N) is 2. The maximum Gasteiger partial charge on any atom is 0.352 e. The maximum absolute atomic E-state index is 12.8. The van der Waals surface area contributed by atoms with E-state index in [1.165, 1.54) is 17.5 Å². The second-order valence-electron chi connectivity index (χ2n) is 6.23. The number of thiophene rings is 1. The first-order valence-electron chi connectivity index (χ1n) is 8.94. The van der Waals surface area contributed by atoms with E-state index in [4.69, 9.17) is 4.74 Å². The number of ether oxygens (including phenoxy) is 1. The van der Waals surface area contributed by atoms with Gasteiger partial charge in [-0.15, -0.1) is 11.3 Å². The van der Waals surface area contributed by atoms with Gasteiger partial charge in [0.2, 0.25) is 0 Å². The molecule has 0 fully saturated rings. The number of aromatic nitrogens is 2. The number of carboxylic acids is 1. The molecule has 3 N–H and O–H groups in total. The molecular weight excluding hydrogens is 392 g/mol. The molecule has 3 heterocycles. The van der Waals surface area contributed by atoms with Crippen molar-refractivity contribution < 1.29 is 19.4 Å². The smallest absolute Gasteiger partial charge is 0.352 e. The molecule has 3 aromatic rings. The third-order valence-electron chi connectivity index (χ3n) is 4.37. The Balaban J connectivity index is 1.62. The molecule has 0 bridgehead atoms. The number of fused-ring (bicyclic) bond motifs is 1. The minimum Gasteiger partial charge on any atom is -0.494 e. The van der Waals surface area contributed by atoms with Gasteiger partial charge in [-0.05, 0) is 48.7 Å². The van der Waals surface area contributed by atoms with E-state index in [0.717, 1.165) is 4.88 Å². The number of carboxylic acid groups (broad SMARTS) is 1. The molecular formula is C20H18N4O4S. The van der Waals surface area contributed by atoms with Crippen LogP contribution >= 0.6 is 11.3 Å². The van der Waals surface area contributed by atoms with Gasteiger partial charge < -0.3 is 20.5 Å². The van der Waals surface area contributed by atoms with Gasteiger partial charge in [-0.1, -0.05) is 6.07 Å². The average Bonchev–Trinajstić information content (AvgIpc) is 3.39. The molecule has 4 rings (SSSR count). The molecule has 8 nitrogen and oxygen atoms in total. The van der Waals surface area contributed by atoms with Crippen LogP contribution in [0.15, 0.2) is 59.7 Å². The highest BCUT2D eigenvalue weighted by Crippen LogP contribution is 2.34. The first-order valence-corrected chi connectivity index (χ1v) is 9.82. The highest BCUT2D eigenvalue weighted by atomic mass is 32.1. The number of allylic oxidation sites excluding steroid dienone is 1. The normalized spacial score (nSPS) is 15.1. The molecule has 1 aromatic carbocycles. The molecule has 2 aromatic heterocycles. The lowest BCUT2D eigenvalue weighted by Crippen LogP contribution is -2.25. The van der Waals surface area contributed by atoms with Crippen LogP contribution in [0.1, 0.15) is 28.2 Å². The van der Waals surface area contributed by atoms with E-state index >= 15 is 0 Å². The van der Waals surface area contributed by atoms with E-state index in [9.17, 15) is 14.7 Å². The highest BCUT2D eigenvalue weighted by Gasteiger charge is 2.29. The van der Waals surface area contributed by atoms with Crippen LogP contribution < -0.4 is 15.4 Å². The molecule has 1 aliphatic rings. The lowest BCUT2D eigenvalue weighted by molar-refractivity contribution is -0.132. The molecule has 0 radical (unpaired) electrons. The van der Waals surface area contributed by atoms with Crippen LogP contribution in [0.5, 0.6) is 5.75 Å². The molecule has 29 heavy (non-hydrogen) atoms. The summed E-state index contributed by atoms with van der Waals surface area (Å²) in [5.41, 5.74) is 0.858. The second-order valence-corrected chi connectivity index (χ2v) is 7.21. The van der Waals surface area contributed by atoms with E-state index in [-0.39, 0.29) is 17.2 Å². The van der Waals surface area contributed by atoms with E-state index in [0.29, 0.717) is 23.9 Å². The lowest BCUT2D eigenvalue weighted by atomic mass is 10.1. The van der Waals surface area contributed by atoms with Crippen molar-refractivity contribution in [2.45, 2.75) is 13.0 Å². The standard InChI is InChI=1S/C20H18N4O4S/c1-2-28-13-7-5-12(6-8-13)22-19(25)14-11-21-24-16(17-4-3-9-29-17)10-15(20(26)27)23-18(14)24/h3-11,16,23H,2H2,1H3,(H,22,25)(H,26,27)/t16-/m0/s1. The van der Waals surface area contributed by atoms with Crippen molar-refractivity contribution in [3.05, 3.63) is 70.2 Å². The SMILES string of the molecule is CCOc1ccc(NC(=O)c2cnn3c2NC(C(=O)O)=C[C@H]3c2cccs2)cc1. The summed E-state index contributed by atoms with van der Waals surface area (Å²) in [5, 5.41) is 21.3. The van der Waals surface area contributed by atoms with Gasteiger partial charge in [0.25, 0.3) is 5.91 Å². The Morgan fingerprint density at radius 3 is 2.76 bits per heavy atom. The summed E-state index contributed by atoms with van der Waals surface area (Å²) in [6, 6.07) is 10.4. The van der Waals surface area contributed by atoms with Crippen LogP contribution in [0.2, 0.25) is 0 Å². The fourth-order valence-corrected chi connectivity index (χ4v) is 3.83. The van der Waals surface area contributed by atoms with Gasteiger partial charge in [-0.3, -0.25) is 4.79 Å². The van der Waals surface area contributed by atoms with Crippen LogP contribution in [-0.4, -0.2) is 33.4 Å². The molecule has 9 heteroatoms. The summed E-state index contributed by atoms with van der Waals surface area (Å²) >= 11 is 1.49. The monoisotopic (exact) mass is 410 g/mol. The fraction of sp³-hybridized carbons (Fsp3) is 0.150. The Morgan fingerprint density at radius 2 is 2.10 bits per heavy atom. The summed E-state index contributed by atoms with van der Waals surface area (Å²) in [6.45, 7) is 2.46. The Kier molecular flexibility index (Phi) is 5.05. The Bertz CT molecular complexity index is 1070. The van der Waals surface area contributed by atoms with E-state index in [2.05, 4.69) is 15.7 Å². The molecule has 1 amide bonds. The zero-order valence-corrected chi connectivity index (χ0v) is 16.3. The third-order valence-corrected chi connectivity index (χ3v) is 5.31. The quantitative estimate of drug-likeness (QED) is 0.574. The Labute approximate surface area is 170 Å². The minimum absolute atomic E-state index is 0.00603. The molecule has 1 aliphatic heterocycles. The van der Waals surface area contributed by atoms with E-state index in [1.54, 1.807) is 35.0 Å². The second kappa shape index (κ2) is 7.80. The van der Waals surface area contributed by atoms with Gasteiger partial charge in [0.05, 0.1) is 12.8 Å². The number of nitrogens with zero attached hydrogens (tertiary/aromatic N) is 2. The molecule has 0 saturated carbocycles. The minimum atomic E-state index is -1.10. The zero-order chi connectivity index (χ0) is 20.4. The third kappa shape index (κ3) is 3.72. The van der Waals surface area contributed by atoms with Gasteiger partial charge in [0.1, 0.15) is 28.9 Å². The molecule has 148 valence electrons. The van der Waals surface area contributed by atoms with Crippen LogP contribution in [0.25, 0.3) is 0 Å². The molecule has 1 atom stereocenters. The number of hydrogen-bond acceptors (Lipinski definition) is 6. The topological polar surface area (TPSA) is 105 Å². The van der Waals surface area contributed by atoms with Crippen molar-refractivity contribution in [1.29, 1.82) is 0 Å². The predicted octanol–water partition coefficient (Wildman–Crippen LogP) is 3.58. The highest BCUT2D eigenvalue weighted by molar-refractivity contribution is 7.10. The average molecular weight is 410 g/mol. The largest absolute Gasteiger partial charge is 0.494 e. The number of hydrogen-bond donors (Lipinski definition) is 3. The van der Waals surface area contributed by atoms with Crippen LogP contribution in [0, 0.1) is 0 Å². The van der Waals surface area contributed by atoms with Gasteiger partial charge >= 0.3 is 5.97 Å². The van der Waals surface area contributed by atoms with Crippen molar-refractivity contribution in [3.63, 3.8) is 0 Å². The Morgan fingerprint density at radius 1 is 1.31 bits per heavy atom. The van der Waals surface area contributed by atoms with Gasteiger partial charge in [0, 0.05) is 10.6 Å². The zero-order valence-electron chi connectivity index (χ0n) is 15.5. The van der Waals surface area contributed by atoms with Gasteiger partial charge in [-0.25, -0.2) is 9.48 Å². The Hall–Kier alpha value is -3.59. The number of amides is 1. The van der Waals surface area contributed by atoms with Crippen LogP contribution in [-0.2, 0) is 4.79 Å². The van der Waals surface area contributed by atoms with Crippen molar-refractivity contribution >= 4 is 34.7 Å². The number of carbonyl (C=O) groups is 2. The summed E-state index contributed by atoms with van der Waals surface area (Å²) in [4.78, 5) is 25.3. The summed E-state index contributed by atoms with van der Waals surface area (Å²) in [5.74, 6) is -0.437. The van der Waals surface area contributed by atoms with Crippen molar-refractivity contribution in [2.24, 2.45) is 0 Å². The summed E-state index contributed by atoms with van der Waals surface area (Å²) in [6.07, 6.45) is 3.02. The van der Waals surface area contributed by atoms with Gasteiger partial charge in [0.15, 0.2) is 0 Å². The lowest BCUT2D eigenvalue weighted by Gasteiger charge is -2.23. The van der Waals surface area contributed by atoms with Crippen molar-refractivity contribution in [2.75, 3.05) is 17.2 Å². The van der Waals surface area contributed by atoms with Crippen molar-refractivity contribution in [3.8, 4) is 5.75 Å². The first kappa shape index (κ1) is 18.8. The number of aliphatic carboxylic acids is 1. The van der Waals surface area contributed by atoms with E-state index < -0.39 is 12.0 Å². The van der Waals surface area contributed by atoms with E-state index in [1.807, 2.05) is 24.4 Å². The number of carbonyl (C=O) groups excluding carboxylic acids is 1. The molecule has 0 saturated heterocycles. The molecule has 0 aliphatic carbocycles. The number of rotatable bonds is 6.